The Morgan fingerprint density at radius 3 is 2.23 bits per heavy atom. The van der Waals surface area contributed by atoms with Crippen molar-refractivity contribution in [1.29, 1.82) is 0 Å². The van der Waals surface area contributed by atoms with Crippen molar-refractivity contribution >= 4 is 17.9 Å². The fourth-order valence-corrected chi connectivity index (χ4v) is 4.94. The zero-order chi connectivity index (χ0) is 25.9. The van der Waals surface area contributed by atoms with Gasteiger partial charge in [0.15, 0.2) is 0 Å². The minimum absolute atomic E-state index is 0.197. The van der Waals surface area contributed by atoms with Crippen molar-refractivity contribution in [3.8, 4) is 0 Å². The largest absolute Gasteiger partial charge is 0.469 e. The van der Waals surface area contributed by atoms with Crippen molar-refractivity contribution in [2.24, 2.45) is 11.8 Å². The number of methoxy groups -OCH3 is 1. The molecule has 35 heavy (non-hydrogen) atoms. The summed E-state index contributed by atoms with van der Waals surface area (Å²) in [4.78, 5) is 34.8. The monoisotopic (exact) mass is 492 g/mol. The average molecular weight is 493 g/mol. The predicted molar refractivity (Wildman–Crippen MR) is 139 cm³/mol. The van der Waals surface area contributed by atoms with Gasteiger partial charge in [0.05, 0.1) is 7.11 Å². The van der Waals surface area contributed by atoms with E-state index in [1.54, 1.807) is 0 Å². The van der Waals surface area contributed by atoms with E-state index in [1.165, 1.54) is 53.1 Å². The van der Waals surface area contributed by atoms with Gasteiger partial charge in [0.1, 0.15) is 12.2 Å². The van der Waals surface area contributed by atoms with Crippen molar-refractivity contribution in [2.45, 2.75) is 123 Å². The summed E-state index contributed by atoms with van der Waals surface area (Å²) in [5.41, 5.74) is 0. The fraction of sp³-hybridized carbons (Fsp3) is 0.759. The molecule has 0 aromatic heterocycles. The Morgan fingerprint density at radius 1 is 0.857 bits per heavy atom. The average Bonchev–Trinajstić information content (AvgIpc) is 2.82. The first kappa shape index (κ1) is 30.9. The van der Waals surface area contributed by atoms with Gasteiger partial charge in [0.2, 0.25) is 0 Å². The van der Waals surface area contributed by atoms with Crippen LogP contribution in [0.1, 0.15) is 111 Å². The van der Waals surface area contributed by atoms with E-state index < -0.39 is 0 Å². The number of hydrogen-bond donors (Lipinski definition) is 0. The van der Waals surface area contributed by atoms with Crippen LogP contribution >= 0.6 is 0 Å². The first-order chi connectivity index (χ1) is 16.9. The lowest BCUT2D eigenvalue weighted by atomic mass is 9.75. The number of ether oxygens (including phenoxy) is 3. The van der Waals surface area contributed by atoms with Crippen LogP contribution in [0.4, 0.5) is 0 Å². The van der Waals surface area contributed by atoms with Crippen molar-refractivity contribution in [1.82, 2.24) is 0 Å². The maximum atomic E-state index is 11.8. The number of carbonyl (C=O) groups excluding carboxylic acids is 3. The lowest BCUT2D eigenvalue weighted by Crippen LogP contribution is -2.33. The van der Waals surface area contributed by atoms with Crippen molar-refractivity contribution < 1.29 is 28.6 Å². The van der Waals surface area contributed by atoms with E-state index in [9.17, 15) is 14.4 Å². The summed E-state index contributed by atoms with van der Waals surface area (Å²) in [6.07, 6.45) is 21.8. The molecule has 200 valence electrons. The summed E-state index contributed by atoms with van der Waals surface area (Å²) in [5.74, 6) is -0.220. The molecule has 1 aliphatic carbocycles. The van der Waals surface area contributed by atoms with Crippen molar-refractivity contribution in [3.63, 3.8) is 0 Å². The zero-order valence-electron chi connectivity index (χ0n) is 22.5. The molecule has 0 bridgehead atoms. The molecular weight excluding hydrogens is 444 g/mol. The highest BCUT2D eigenvalue weighted by atomic mass is 16.5. The molecule has 0 saturated heterocycles. The standard InChI is InChI=1S/C29H48O6/c1-5-6-7-8-9-10-18-26(34-23(2)30)19-13-11-16-25-17-12-14-20-27(25)28(35-24(3)31)21-15-22-29(32)33-4/h11,13,16,19,25-28H,5-10,12,14-15,17-18,20-22H2,1-4H3/b16-11+,19-13+/t25-,26?,27+,28?/m0/s1. The summed E-state index contributed by atoms with van der Waals surface area (Å²) in [6.45, 7) is 5.12. The van der Waals surface area contributed by atoms with Gasteiger partial charge in [-0.15, -0.1) is 0 Å². The van der Waals surface area contributed by atoms with E-state index in [0.717, 1.165) is 38.5 Å². The van der Waals surface area contributed by atoms with E-state index in [-0.39, 0.29) is 36.0 Å². The molecule has 4 atom stereocenters. The molecule has 0 amide bonds. The third-order valence-electron chi connectivity index (χ3n) is 6.72. The van der Waals surface area contributed by atoms with E-state index in [4.69, 9.17) is 14.2 Å². The van der Waals surface area contributed by atoms with Gasteiger partial charge in [-0.25, -0.2) is 0 Å². The molecule has 1 saturated carbocycles. The van der Waals surface area contributed by atoms with E-state index >= 15 is 0 Å². The van der Waals surface area contributed by atoms with Crippen LogP contribution in [-0.2, 0) is 28.6 Å². The van der Waals surface area contributed by atoms with Gasteiger partial charge in [0.25, 0.3) is 0 Å². The number of esters is 3. The van der Waals surface area contributed by atoms with Gasteiger partial charge in [0, 0.05) is 26.2 Å². The molecule has 1 aliphatic rings. The molecule has 0 aromatic rings. The number of hydrogen-bond acceptors (Lipinski definition) is 6. The van der Waals surface area contributed by atoms with Crippen LogP contribution < -0.4 is 0 Å². The summed E-state index contributed by atoms with van der Waals surface area (Å²) in [7, 11) is 1.39. The summed E-state index contributed by atoms with van der Waals surface area (Å²) in [5, 5.41) is 0. The van der Waals surface area contributed by atoms with Crippen LogP contribution in [0.25, 0.3) is 0 Å². The number of allylic oxidation sites excluding steroid dienone is 3. The lowest BCUT2D eigenvalue weighted by molar-refractivity contribution is -0.151. The predicted octanol–water partition coefficient (Wildman–Crippen LogP) is 6.86. The SMILES string of the molecule is CCCCCCCCC(/C=C/C=C/[C@H]1CCCC[C@H]1C(CCCC(=O)OC)OC(C)=O)OC(C)=O. The van der Waals surface area contributed by atoms with E-state index in [2.05, 4.69) is 13.0 Å². The van der Waals surface area contributed by atoms with E-state index in [1.807, 2.05) is 18.2 Å². The van der Waals surface area contributed by atoms with Gasteiger partial charge < -0.3 is 14.2 Å². The van der Waals surface area contributed by atoms with Crippen LogP contribution in [0.5, 0.6) is 0 Å². The Hall–Kier alpha value is -2.11. The van der Waals surface area contributed by atoms with Crippen LogP contribution in [0, 0.1) is 11.8 Å². The summed E-state index contributed by atoms with van der Waals surface area (Å²) < 4.78 is 15.9. The highest BCUT2D eigenvalue weighted by Gasteiger charge is 2.32. The maximum absolute atomic E-state index is 11.8. The fourth-order valence-electron chi connectivity index (χ4n) is 4.94. The smallest absolute Gasteiger partial charge is 0.305 e. The Bertz CT molecular complexity index is 668. The highest BCUT2D eigenvalue weighted by Crippen LogP contribution is 2.36. The molecule has 0 aromatic carbocycles. The quantitative estimate of drug-likeness (QED) is 0.0955. The molecule has 1 fully saturated rings. The minimum Gasteiger partial charge on any atom is -0.469 e. The molecule has 6 nitrogen and oxygen atoms in total. The number of rotatable bonds is 17. The zero-order valence-corrected chi connectivity index (χ0v) is 22.5. The first-order valence-corrected chi connectivity index (χ1v) is 13.6. The summed E-state index contributed by atoms with van der Waals surface area (Å²) in [6, 6.07) is 0. The molecule has 1 rings (SSSR count). The molecule has 0 aliphatic heterocycles. The normalized spacial score (nSPS) is 20.0. The summed E-state index contributed by atoms with van der Waals surface area (Å²) >= 11 is 0. The molecule has 0 N–H and O–H groups in total. The molecule has 0 heterocycles. The number of unbranched alkanes of at least 4 members (excludes halogenated alkanes) is 5. The Morgan fingerprint density at radius 2 is 1.54 bits per heavy atom. The highest BCUT2D eigenvalue weighted by molar-refractivity contribution is 5.69. The molecule has 2 unspecified atom stereocenters. The second-order valence-corrected chi connectivity index (χ2v) is 9.70. The van der Waals surface area contributed by atoms with Gasteiger partial charge >= 0.3 is 17.9 Å². The Balaban J connectivity index is 2.70. The van der Waals surface area contributed by atoms with Crippen LogP contribution in [0.2, 0.25) is 0 Å². The van der Waals surface area contributed by atoms with Gasteiger partial charge in [-0.3, -0.25) is 14.4 Å². The molecule has 6 heteroatoms. The van der Waals surface area contributed by atoms with Crippen molar-refractivity contribution in [3.05, 3.63) is 24.3 Å². The maximum Gasteiger partial charge on any atom is 0.305 e. The molecule has 0 spiro atoms. The number of carbonyl (C=O) groups is 3. The topological polar surface area (TPSA) is 78.9 Å². The van der Waals surface area contributed by atoms with Crippen LogP contribution in [-0.4, -0.2) is 37.2 Å². The Labute approximate surface area is 212 Å². The second-order valence-electron chi connectivity index (χ2n) is 9.70. The Kier molecular flexibility index (Phi) is 16.9. The van der Waals surface area contributed by atoms with E-state index in [0.29, 0.717) is 25.2 Å². The minimum atomic E-state index is -0.278. The lowest BCUT2D eigenvalue weighted by Gasteiger charge is -2.35. The van der Waals surface area contributed by atoms with Crippen molar-refractivity contribution in [2.75, 3.05) is 7.11 Å². The third kappa shape index (κ3) is 14.8. The van der Waals surface area contributed by atoms with Gasteiger partial charge in [-0.05, 0) is 50.5 Å². The second kappa shape index (κ2) is 19.1. The van der Waals surface area contributed by atoms with Crippen LogP contribution in [0.15, 0.2) is 24.3 Å². The van der Waals surface area contributed by atoms with Crippen LogP contribution in [0.3, 0.4) is 0 Å². The first-order valence-electron chi connectivity index (χ1n) is 13.6. The van der Waals surface area contributed by atoms with Gasteiger partial charge in [-0.1, -0.05) is 70.1 Å². The molecule has 0 radical (unpaired) electrons. The molecular formula is C29H48O6. The van der Waals surface area contributed by atoms with Gasteiger partial charge in [-0.2, -0.15) is 0 Å². The third-order valence-corrected chi connectivity index (χ3v) is 6.72.